The molecule has 2 rings (SSSR count). The van der Waals surface area contributed by atoms with Crippen molar-refractivity contribution in [3.63, 3.8) is 0 Å². The number of carbonyl (C=O) groups excluding carboxylic acids is 5. The molecule has 1 heterocycles. The van der Waals surface area contributed by atoms with Crippen LogP contribution in [0.15, 0.2) is 42.0 Å². The standard InChI is InChI=1S/C32H49N5O6/c1-18(2)26(30(40)36-27(19(3)4)32(42)43-8)35-29(39)22(7)37-15-14-24(21(6)34-28(38)20(5)33)17-25(31(37)41)16-23-12-10-9-11-13-23/h9-13,17-22,25-27H,14-16,33H2,1-8H3,(H,34,38)(H,35,39)(H,36,40)/t20-,21?,22?,25?,26-,27-/m0/s1. The molecule has 0 fully saturated rings. The molecule has 1 aromatic rings. The van der Waals surface area contributed by atoms with Crippen molar-refractivity contribution in [1.82, 2.24) is 20.9 Å². The van der Waals surface area contributed by atoms with E-state index in [-0.39, 0.29) is 36.2 Å². The lowest BCUT2D eigenvalue weighted by Crippen LogP contribution is -2.58. The van der Waals surface area contributed by atoms with E-state index in [0.717, 1.165) is 11.1 Å². The SMILES string of the molecule is COC(=O)[C@@H](NC(=O)[C@@H](NC(=O)C(C)N1CCC(C(C)NC(=O)[C@H](C)N)=CC(Cc2ccccc2)C1=O)C(C)C)C(C)C. The summed E-state index contributed by atoms with van der Waals surface area (Å²) in [6.45, 7) is 12.5. The molecule has 5 N–H and O–H groups in total. The summed E-state index contributed by atoms with van der Waals surface area (Å²) < 4.78 is 4.83. The minimum absolute atomic E-state index is 0.219. The van der Waals surface area contributed by atoms with Gasteiger partial charge in [-0.25, -0.2) is 4.79 Å². The summed E-state index contributed by atoms with van der Waals surface area (Å²) in [7, 11) is 1.25. The number of rotatable bonds is 13. The smallest absolute Gasteiger partial charge is 0.328 e. The van der Waals surface area contributed by atoms with Gasteiger partial charge in [0.1, 0.15) is 18.1 Å². The van der Waals surface area contributed by atoms with Crippen molar-refractivity contribution in [2.75, 3.05) is 13.7 Å². The number of amides is 4. The average molecular weight is 600 g/mol. The summed E-state index contributed by atoms with van der Waals surface area (Å²) in [5, 5.41) is 8.43. The number of nitrogens with zero attached hydrogens (tertiary/aromatic N) is 1. The zero-order valence-corrected chi connectivity index (χ0v) is 26.7. The van der Waals surface area contributed by atoms with Crippen molar-refractivity contribution in [2.45, 2.75) is 91.5 Å². The number of methoxy groups -OCH3 is 1. The van der Waals surface area contributed by atoms with Crippen molar-refractivity contribution in [3.05, 3.63) is 47.5 Å². The molecule has 11 heteroatoms. The number of hydrogen-bond acceptors (Lipinski definition) is 7. The maximum Gasteiger partial charge on any atom is 0.328 e. The van der Waals surface area contributed by atoms with Crippen molar-refractivity contribution < 1.29 is 28.7 Å². The molecule has 1 aliphatic rings. The van der Waals surface area contributed by atoms with Gasteiger partial charge in [0, 0.05) is 12.6 Å². The van der Waals surface area contributed by atoms with Gasteiger partial charge in [-0.15, -0.1) is 0 Å². The van der Waals surface area contributed by atoms with Gasteiger partial charge in [-0.3, -0.25) is 19.2 Å². The molecule has 0 spiro atoms. The highest BCUT2D eigenvalue weighted by atomic mass is 16.5. The monoisotopic (exact) mass is 599 g/mol. The third kappa shape index (κ3) is 9.91. The van der Waals surface area contributed by atoms with E-state index in [1.807, 2.05) is 43.3 Å². The summed E-state index contributed by atoms with van der Waals surface area (Å²) in [5.74, 6) is -3.16. The Morgan fingerprint density at radius 1 is 0.884 bits per heavy atom. The highest BCUT2D eigenvalue weighted by Gasteiger charge is 2.36. The highest BCUT2D eigenvalue weighted by molar-refractivity contribution is 5.94. The first-order valence-corrected chi connectivity index (χ1v) is 15.0. The van der Waals surface area contributed by atoms with Crippen LogP contribution >= 0.6 is 0 Å². The van der Waals surface area contributed by atoms with Gasteiger partial charge in [-0.1, -0.05) is 64.1 Å². The van der Waals surface area contributed by atoms with Crippen LogP contribution in [0.2, 0.25) is 0 Å². The van der Waals surface area contributed by atoms with Gasteiger partial charge in [0.2, 0.25) is 23.6 Å². The fourth-order valence-corrected chi connectivity index (χ4v) is 5.00. The quantitative estimate of drug-likeness (QED) is 0.198. The molecule has 4 amide bonds. The lowest BCUT2D eigenvalue weighted by atomic mass is 9.94. The second-order valence-electron chi connectivity index (χ2n) is 12.0. The van der Waals surface area contributed by atoms with Crippen molar-refractivity contribution in [1.29, 1.82) is 0 Å². The lowest BCUT2D eigenvalue weighted by Gasteiger charge is -2.32. The average Bonchev–Trinajstić information content (AvgIpc) is 3.12. The number of nitrogens with one attached hydrogen (secondary N) is 3. The molecule has 43 heavy (non-hydrogen) atoms. The van der Waals surface area contributed by atoms with E-state index in [2.05, 4.69) is 16.0 Å². The Hall–Kier alpha value is -3.73. The number of ether oxygens (including phenoxy) is 1. The number of hydrogen-bond donors (Lipinski definition) is 4. The lowest BCUT2D eigenvalue weighted by molar-refractivity contribution is -0.147. The maximum atomic E-state index is 13.9. The van der Waals surface area contributed by atoms with E-state index >= 15 is 0 Å². The fourth-order valence-electron chi connectivity index (χ4n) is 5.00. The molecular weight excluding hydrogens is 550 g/mol. The Morgan fingerprint density at radius 3 is 2.00 bits per heavy atom. The van der Waals surface area contributed by atoms with Crippen LogP contribution < -0.4 is 21.7 Å². The topological polar surface area (TPSA) is 160 Å². The van der Waals surface area contributed by atoms with Crippen LogP contribution in [0.25, 0.3) is 0 Å². The number of carbonyl (C=O) groups is 5. The first kappa shape index (κ1) is 35.5. The van der Waals surface area contributed by atoms with E-state index < -0.39 is 47.9 Å². The molecule has 0 bridgehead atoms. The first-order chi connectivity index (χ1) is 20.2. The first-order valence-electron chi connectivity index (χ1n) is 15.0. The second-order valence-corrected chi connectivity index (χ2v) is 12.0. The van der Waals surface area contributed by atoms with Crippen LogP contribution in [0.1, 0.15) is 60.5 Å². The summed E-state index contributed by atoms with van der Waals surface area (Å²) in [4.78, 5) is 66.8. The fraction of sp³-hybridized carbons (Fsp3) is 0.594. The van der Waals surface area contributed by atoms with Gasteiger partial charge in [-0.2, -0.15) is 0 Å². The summed E-state index contributed by atoms with van der Waals surface area (Å²) >= 11 is 0. The van der Waals surface area contributed by atoms with Gasteiger partial charge in [0.25, 0.3) is 0 Å². The van der Waals surface area contributed by atoms with Crippen LogP contribution in [0, 0.1) is 17.8 Å². The van der Waals surface area contributed by atoms with Gasteiger partial charge in [0.05, 0.1) is 19.1 Å². The predicted octanol–water partition coefficient (Wildman–Crippen LogP) is 1.70. The number of nitrogens with two attached hydrogens (primary N) is 1. The molecule has 0 aromatic heterocycles. The van der Waals surface area contributed by atoms with Crippen molar-refractivity contribution in [3.8, 4) is 0 Å². The molecular formula is C32H49N5O6. The predicted molar refractivity (Wildman–Crippen MR) is 164 cm³/mol. The Kier molecular flexibility index (Phi) is 13.4. The largest absolute Gasteiger partial charge is 0.467 e. The summed E-state index contributed by atoms with van der Waals surface area (Å²) in [6, 6.07) is 5.87. The second kappa shape index (κ2) is 16.2. The molecule has 1 aromatic carbocycles. The van der Waals surface area contributed by atoms with Crippen LogP contribution in [0.4, 0.5) is 0 Å². The number of benzene rings is 1. The molecule has 11 nitrogen and oxygen atoms in total. The Labute approximate surface area is 255 Å². The van der Waals surface area contributed by atoms with E-state index in [1.165, 1.54) is 12.0 Å². The van der Waals surface area contributed by atoms with Crippen LogP contribution in [-0.4, -0.2) is 78.4 Å². The van der Waals surface area contributed by atoms with Gasteiger partial charge >= 0.3 is 5.97 Å². The Balaban J connectivity index is 2.29. The summed E-state index contributed by atoms with van der Waals surface area (Å²) in [5.41, 5.74) is 7.58. The molecule has 0 saturated heterocycles. The summed E-state index contributed by atoms with van der Waals surface area (Å²) in [6.07, 6.45) is 2.76. The van der Waals surface area contributed by atoms with Crippen molar-refractivity contribution >= 4 is 29.6 Å². The van der Waals surface area contributed by atoms with Crippen LogP contribution in [0.5, 0.6) is 0 Å². The molecule has 3 unspecified atom stereocenters. The van der Waals surface area contributed by atoms with E-state index in [1.54, 1.807) is 41.5 Å². The zero-order valence-electron chi connectivity index (χ0n) is 26.7. The minimum atomic E-state index is -0.940. The van der Waals surface area contributed by atoms with Gasteiger partial charge < -0.3 is 31.3 Å². The van der Waals surface area contributed by atoms with Gasteiger partial charge in [-0.05, 0) is 56.6 Å². The molecule has 0 aliphatic carbocycles. The normalized spacial score (nSPS) is 19.0. The Morgan fingerprint density at radius 2 is 1.47 bits per heavy atom. The van der Waals surface area contributed by atoms with Crippen molar-refractivity contribution in [2.24, 2.45) is 23.5 Å². The maximum absolute atomic E-state index is 13.9. The van der Waals surface area contributed by atoms with Crippen LogP contribution in [-0.2, 0) is 35.1 Å². The molecule has 0 saturated carbocycles. The van der Waals surface area contributed by atoms with E-state index in [0.29, 0.717) is 12.8 Å². The third-order valence-electron chi connectivity index (χ3n) is 7.80. The molecule has 6 atom stereocenters. The van der Waals surface area contributed by atoms with Gasteiger partial charge in [0.15, 0.2) is 0 Å². The Bertz CT molecular complexity index is 1170. The molecule has 1 aliphatic heterocycles. The minimum Gasteiger partial charge on any atom is -0.467 e. The molecule has 238 valence electrons. The highest BCUT2D eigenvalue weighted by Crippen LogP contribution is 2.25. The van der Waals surface area contributed by atoms with Crippen LogP contribution in [0.3, 0.4) is 0 Å². The third-order valence-corrected chi connectivity index (χ3v) is 7.80. The molecule has 0 radical (unpaired) electrons. The van der Waals surface area contributed by atoms with E-state index in [9.17, 15) is 24.0 Å². The van der Waals surface area contributed by atoms with E-state index in [4.69, 9.17) is 10.5 Å². The number of esters is 1. The zero-order chi connectivity index (χ0) is 32.4.